The molecule has 0 amide bonds. The fraction of sp³-hybridized carbons (Fsp3) is 0.462. The van der Waals surface area contributed by atoms with Crippen LogP contribution in [0.5, 0.6) is 0 Å². The van der Waals surface area contributed by atoms with Crippen LogP contribution < -0.4 is 0 Å². The average Bonchev–Trinajstić information content (AvgIpc) is 2.33. The van der Waals surface area contributed by atoms with Gasteiger partial charge >= 0.3 is 5.97 Å². The standard InChI is InChI=1S/C13H15F2NO2.ClH/c14-11-2-1-10(12(15)7-11)8-16-5-3-9(4-6-16)13(17)18;/h1-2,7,9H,3-6,8H2,(H,17,18);1H. The van der Waals surface area contributed by atoms with E-state index in [0.29, 0.717) is 38.0 Å². The number of hydrogen-bond acceptors (Lipinski definition) is 2. The minimum Gasteiger partial charge on any atom is -0.481 e. The van der Waals surface area contributed by atoms with Crippen molar-refractivity contribution < 1.29 is 18.7 Å². The second-order valence-electron chi connectivity index (χ2n) is 4.62. The van der Waals surface area contributed by atoms with Crippen LogP contribution in [0.2, 0.25) is 0 Å². The zero-order valence-electron chi connectivity index (χ0n) is 10.3. The van der Waals surface area contributed by atoms with E-state index < -0.39 is 17.6 Å². The Morgan fingerprint density at radius 3 is 2.47 bits per heavy atom. The number of halogens is 3. The SMILES string of the molecule is Cl.O=C(O)C1CCN(Cc2ccc(F)cc2F)CC1. The molecule has 106 valence electrons. The molecule has 0 saturated carbocycles. The Bertz CT molecular complexity index is 448. The molecule has 0 unspecified atom stereocenters. The molecule has 1 aliphatic rings. The first-order valence-corrected chi connectivity index (χ1v) is 5.95. The smallest absolute Gasteiger partial charge is 0.306 e. The van der Waals surface area contributed by atoms with Gasteiger partial charge in [0.2, 0.25) is 0 Å². The molecular formula is C13H16ClF2NO2. The lowest BCUT2D eigenvalue weighted by molar-refractivity contribution is -0.143. The quantitative estimate of drug-likeness (QED) is 0.931. The van der Waals surface area contributed by atoms with Crippen LogP contribution in [0.4, 0.5) is 8.78 Å². The van der Waals surface area contributed by atoms with Gasteiger partial charge in [-0.1, -0.05) is 6.07 Å². The highest BCUT2D eigenvalue weighted by Gasteiger charge is 2.24. The van der Waals surface area contributed by atoms with E-state index in [4.69, 9.17) is 5.11 Å². The molecule has 0 spiro atoms. The summed E-state index contributed by atoms with van der Waals surface area (Å²) in [5, 5.41) is 8.87. The van der Waals surface area contributed by atoms with Crippen LogP contribution in [0, 0.1) is 17.6 Å². The lowest BCUT2D eigenvalue weighted by atomic mass is 9.97. The van der Waals surface area contributed by atoms with Crippen molar-refractivity contribution in [2.75, 3.05) is 13.1 Å². The number of piperidine rings is 1. The molecule has 1 aromatic rings. The lowest BCUT2D eigenvalue weighted by Crippen LogP contribution is -2.36. The highest BCUT2D eigenvalue weighted by Crippen LogP contribution is 2.20. The molecule has 1 N–H and O–H groups in total. The molecule has 1 saturated heterocycles. The van der Waals surface area contributed by atoms with Crippen molar-refractivity contribution in [3.8, 4) is 0 Å². The van der Waals surface area contributed by atoms with Crippen molar-refractivity contribution in [1.29, 1.82) is 0 Å². The summed E-state index contributed by atoms with van der Waals surface area (Å²) in [6, 6.07) is 3.55. The van der Waals surface area contributed by atoms with E-state index in [1.807, 2.05) is 4.90 Å². The maximum Gasteiger partial charge on any atom is 0.306 e. The first kappa shape index (κ1) is 15.9. The van der Waals surface area contributed by atoms with Crippen molar-refractivity contribution in [3.63, 3.8) is 0 Å². The van der Waals surface area contributed by atoms with Crippen molar-refractivity contribution in [3.05, 3.63) is 35.4 Å². The molecule has 1 fully saturated rings. The zero-order chi connectivity index (χ0) is 13.1. The fourth-order valence-electron chi connectivity index (χ4n) is 2.23. The molecule has 2 rings (SSSR count). The normalized spacial score (nSPS) is 16.9. The molecule has 0 atom stereocenters. The van der Waals surface area contributed by atoms with Gasteiger partial charge in [-0.05, 0) is 32.0 Å². The summed E-state index contributed by atoms with van der Waals surface area (Å²) in [4.78, 5) is 12.8. The number of carboxylic acid groups (broad SMARTS) is 1. The number of rotatable bonds is 3. The first-order chi connectivity index (χ1) is 8.56. The van der Waals surface area contributed by atoms with Crippen LogP contribution in [0.3, 0.4) is 0 Å². The molecule has 1 aromatic carbocycles. The molecular weight excluding hydrogens is 276 g/mol. The maximum absolute atomic E-state index is 13.4. The zero-order valence-corrected chi connectivity index (χ0v) is 11.1. The maximum atomic E-state index is 13.4. The van der Waals surface area contributed by atoms with E-state index >= 15 is 0 Å². The Balaban J connectivity index is 0.00000180. The van der Waals surface area contributed by atoms with Crippen LogP contribution in [-0.4, -0.2) is 29.1 Å². The van der Waals surface area contributed by atoms with Gasteiger partial charge in [-0.15, -0.1) is 12.4 Å². The summed E-state index contributed by atoms with van der Waals surface area (Å²) in [5.41, 5.74) is 0.449. The van der Waals surface area contributed by atoms with Gasteiger partial charge in [0, 0.05) is 18.2 Å². The second kappa shape index (κ2) is 6.82. The highest BCUT2D eigenvalue weighted by atomic mass is 35.5. The third kappa shape index (κ3) is 4.14. The van der Waals surface area contributed by atoms with Gasteiger partial charge in [0.25, 0.3) is 0 Å². The Morgan fingerprint density at radius 2 is 1.95 bits per heavy atom. The topological polar surface area (TPSA) is 40.5 Å². The van der Waals surface area contributed by atoms with E-state index in [9.17, 15) is 13.6 Å². The van der Waals surface area contributed by atoms with Crippen LogP contribution in [0.1, 0.15) is 18.4 Å². The van der Waals surface area contributed by atoms with Gasteiger partial charge in [0.05, 0.1) is 5.92 Å². The third-order valence-corrected chi connectivity index (χ3v) is 3.35. The Morgan fingerprint density at radius 1 is 1.32 bits per heavy atom. The second-order valence-corrected chi connectivity index (χ2v) is 4.62. The van der Waals surface area contributed by atoms with Crippen LogP contribution in [0.25, 0.3) is 0 Å². The predicted octanol–water partition coefficient (Wildman–Crippen LogP) is 2.68. The highest BCUT2D eigenvalue weighted by molar-refractivity contribution is 5.85. The van der Waals surface area contributed by atoms with E-state index in [1.54, 1.807) is 0 Å². The number of carboxylic acids is 1. The summed E-state index contributed by atoms with van der Waals surface area (Å²) < 4.78 is 26.2. The van der Waals surface area contributed by atoms with Crippen LogP contribution >= 0.6 is 12.4 Å². The minimum atomic E-state index is -0.761. The van der Waals surface area contributed by atoms with Crippen LogP contribution in [-0.2, 0) is 11.3 Å². The van der Waals surface area contributed by atoms with Gasteiger partial charge in [-0.25, -0.2) is 8.78 Å². The number of likely N-dealkylation sites (tertiary alicyclic amines) is 1. The van der Waals surface area contributed by atoms with Gasteiger partial charge in [0.1, 0.15) is 11.6 Å². The summed E-state index contributed by atoms with van der Waals surface area (Å²) in [6.45, 7) is 1.67. The number of hydrogen-bond donors (Lipinski definition) is 1. The van der Waals surface area contributed by atoms with E-state index in [2.05, 4.69) is 0 Å². The number of nitrogens with zero attached hydrogens (tertiary/aromatic N) is 1. The third-order valence-electron chi connectivity index (χ3n) is 3.35. The van der Waals surface area contributed by atoms with Gasteiger partial charge in [0.15, 0.2) is 0 Å². The summed E-state index contributed by atoms with van der Waals surface area (Å²) in [7, 11) is 0. The van der Waals surface area contributed by atoms with Crippen molar-refractivity contribution in [1.82, 2.24) is 4.90 Å². The summed E-state index contributed by atoms with van der Waals surface area (Å²) in [6.07, 6.45) is 1.16. The average molecular weight is 292 g/mol. The fourth-order valence-corrected chi connectivity index (χ4v) is 2.23. The van der Waals surface area contributed by atoms with E-state index in [-0.39, 0.29) is 18.3 Å². The molecule has 0 radical (unpaired) electrons. The predicted molar refractivity (Wildman–Crippen MR) is 69.2 cm³/mol. The van der Waals surface area contributed by atoms with E-state index in [0.717, 1.165) is 6.07 Å². The lowest BCUT2D eigenvalue weighted by Gasteiger charge is -2.30. The first-order valence-electron chi connectivity index (χ1n) is 5.95. The molecule has 19 heavy (non-hydrogen) atoms. The monoisotopic (exact) mass is 291 g/mol. The minimum absolute atomic E-state index is 0. The van der Waals surface area contributed by atoms with Gasteiger partial charge < -0.3 is 5.11 Å². The van der Waals surface area contributed by atoms with Crippen molar-refractivity contribution >= 4 is 18.4 Å². The molecule has 0 aliphatic carbocycles. The largest absolute Gasteiger partial charge is 0.481 e. The summed E-state index contributed by atoms with van der Waals surface area (Å²) in [5.74, 6) is -2.18. The summed E-state index contributed by atoms with van der Waals surface area (Å²) >= 11 is 0. The van der Waals surface area contributed by atoms with Gasteiger partial charge in [-0.2, -0.15) is 0 Å². The number of aliphatic carboxylic acids is 1. The van der Waals surface area contributed by atoms with Crippen molar-refractivity contribution in [2.45, 2.75) is 19.4 Å². The molecule has 1 heterocycles. The molecule has 0 aromatic heterocycles. The molecule has 3 nitrogen and oxygen atoms in total. The number of carbonyl (C=O) groups is 1. The van der Waals surface area contributed by atoms with Gasteiger partial charge in [-0.3, -0.25) is 9.69 Å². The van der Waals surface area contributed by atoms with E-state index in [1.165, 1.54) is 12.1 Å². The van der Waals surface area contributed by atoms with Crippen molar-refractivity contribution in [2.24, 2.45) is 5.92 Å². The molecule has 1 aliphatic heterocycles. The molecule has 6 heteroatoms. The Labute approximate surface area is 116 Å². The van der Waals surface area contributed by atoms with Crippen LogP contribution in [0.15, 0.2) is 18.2 Å². The number of benzene rings is 1. The Hall–Kier alpha value is -1.20. The Kier molecular flexibility index (Phi) is 5.69. The molecule has 0 bridgehead atoms.